The molecular formula is C11H9N7O2. The third-order valence-corrected chi connectivity index (χ3v) is 2.58. The fourth-order valence-corrected chi connectivity index (χ4v) is 1.63. The first-order valence-electron chi connectivity index (χ1n) is 5.70. The highest BCUT2D eigenvalue weighted by molar-refractivity contribution is 5.87. The second-order valence-electron chi connectivity index (χ2n) is 3.94. The highest BCUT2D eigenvalue weighted by Gasteiger charge is 2.05. The summed E-state index contributed by atoms with van der Waals surface area (Å²) >= 11 is 0. The van der Waals surface area contributed by atoms with Crippen LogP contribution in [0.25, 0.3) is 5.65 Å². The number of carbonyl (C=O) groups is 1. The standard InChI is InChI=1S/C11H9N7O2/c19-11(20)7-3-4-12-8(5-7)6-13-9-1-2-10-14-16-17-18(10)15-9/h1-5H,6H2,(H,13,15)(H,19,20). The Morgan fingerprint density at radius 3 is 3.10 bits per heavy atom. The smallest absolute Gasteiger partial charge is 0.335 e. The zero-order valence-corrected chi connectivity index (χ0v) is 10.1. The second-order valence-corrected chi connectivity index (χ2v) is 3.94. The van der Waals surface area contributed by atoms with E-state index in [0.29, 0.717) is 23.7 Å². The summed E-state index contributed by atoms with van der Waals surface area (Å²) in [6.07, 6.45) is 1.46. The quantitative estimate of drug-likeness (QED) is 0.692. The number of rotatable bonds is 4. The predicted molar refractivity (Wildman–Crippen MR) is 67.1 cm³/mol. The van der Waals surface area contributed by atoms with Gasteiger partial charge in [0.25, 0.3) is 0 Å². The van der Waals surface area contributed by atoms with Gasteiger partial charge in [-0.1, -0.05) is 0 Å². The van der Waals surface area contributed by atoms with Gasteiger partial charge in [0.05, 0.1) is 17.8 Å². The number of anilines is 1. The van der Waals surface area contributed by atoms with Gasteiger partial charge in [0.15, 0.2) is 5.65 Å². The minimum Gasteiger partial charge on any atom is -0.478 e. The van der Waals surface area contributed by atoms with Gasteiger partial charge in [-0.05, 0) is 34.7 Å². The Bertz CT molecular complexity index is 770. The monoisotopic (exact) mass is 271 g/mol. The lowest BCUT2D eigenvalue weighted by Gasteiger charge is -2.05. The van der Waals surface area contributed by atoms with Gasteiger partial charge in [0.1, 0.15) is 5.82 Å². The zero-order valence-electron chi connectivity index (χ0n) is 10.1. The van der Waals surface area contributed by atoms with Crippen LogP contribution in [0.1, 0.15) is 16.1 Å². The van der Waals surface area contributed by atoms with Crippen LogP contribution in [0.15, 0.2) is 30.5 Å². The molecule has 0 saturated carbocycles. The molecule has 0 aliphatic carbocycles. The lowest BCUT2D eigenvalue weighted by atomic mass is 10.2. The lowest BCUT2D eigenvalue weighted by molar-refractivity contribution is 0.0696. The molecule has 0 aliphatic rings. The first-order chi connectivity index (χ1) is 9.72. The van der Waals surface area contributed by atoms with Gasteiger partial charge in [0.2, 0.25) is 0 Å². The summed E-state index contributed by atoms with van der Waals surface area (Å²) in [5, 5.41) is 27.0. The Hall–Kier alpha value is -3.10. The maximum absolute atomic E-state index is 10.9. The zero-order chi connectivity index (χ0) is 13.9. The number of nitrogens with one attached hydrogen (secondary N) is 1. The number of tetrazole rings is 1. The molecule has 3 rings (SSSR count). The van der Waals surface area contributed by atoms with Crippen LogP contribution in [-0.2, 0) is 6.54 Å². The molecule has 0 amide bonds. The Balaban J connectivity index is 1.75. The van der Waals surface area contributed by atoms with E-state index < -0.39 is 5.97 Å². The van der Waals surface area contributed by atoms with Crippen LogP contribution in [0, 0.1) is 0 Å². The summed E-state index contributed by atoms with van der Waals surface area (Å²) < 4.78 is 1.30. The molecule has 2 N–H and O–H groups in total. The summed E-state index contributed by atoms with van der Waals surface area (Å²) in [7, 11) is 0. The van der Waals surface area contributed by atoms with Crippen LogP contribution in [0.5, 0.6) is 0 Å². The average molecular weight is 271 g/mol. The van der Waals surface area contributed by atoms with Crippen molar-refractivity contribution in [3.8, 4) is 0 Å². The summed E-state index contributed by atoms with van der Waals surface area (Å²) in [5.41, 5.74) is 1.34. The molecule has 0 atom stereocenters. The van der Waals surface area contributed by atoms with Crippen molar-refractivity contribution in [1.82, 2.24) is 30.2 Å². The number of aromatic nitrogens is 6. The van der Waals surface area contributed by atoms with E-state index in [2.05, 4.69) is 30.9 Å². The molecule has 3 heterocycles. The van der Waals surface area contributed by atoms with Crippen LogP contribution in [0.4, 0.5) is 5.82 Å². The molecule has 0 fully saturated rings. The van der Waals surface area contributed by atoms with E-state index >= 15 is 0 Å². The molecule has 0 spiro atoms. The van der Waals surface area contributed by atoms with Crippen molar-refractivity contribution in [2.24, 2.45) is 0 Å². The lowest BCUT2D eigenvalue weighted by Crippen LogP contribution is -2.07. The number of carboxylic acids is 1. The highest BCUT2D eigenvalue weighted by atomic mass is 16.4. The van der Waals surface area contributed by atoms with E-state index in [1.165, 1.54) is 23.0 Å². The molecule has 20 heavy (non-hydrogen) atoms. The Morgan fingerprint density at radius 1 is 1.35 bits per heavy atom. The number of pyridine rings is 1. The maximum atomic E-state index is 10.9. The van der Waals surface area contributed by atoms with Crippen LogP contribution in [0.2, 0.25) is 0 Å². The second kappa shape index (κ2) is 4.88. The Labute approximate surface area is 112 Å². The van der Waals surface area contributed by atoms with Crippen molar-refractivity contribution < 1.29 is 9.90 Å². The van der Waals surface area contributed by atoms with E-state index in [-0.39, 0.29) is 5.56 Å². The van der Waals surface area contributed by atoms with Crippen molar-refractivity contribution in [2.75, 3.05) is 5.32 Å². The minimum absolute atomic E-state index is 0.195. The fraction of sp³-hybridized carbons (Fsp3) is 0.0909. The first-order valence-corrected chi connectivity index (χ1v) is 5.70. The number of carboxylic acid groups (broad SMARTS) is 1. The van der Waals surface area contributed by atoms with Crippen molar-refractivity contribution in [3.63, 3.8) is 0 Å². The summed E-state index contributed by atoms with van der Waals surface area (Å²) in [6, 6.07) is 6.39. The summed E-state index contributed by atoms with van der Waals surface area (Å²) in [5.74, 6) is -0.422. The van der Waals surface area contributed by atoms with E-state index in [1.807, 2.05) is 0 Å². The van der Waals surface area contributed by atoms with E-state index in [9.17, 15) is 4.79 Å². The van der Waals surface area contributed by atoms with E-state index in [4.69, 9.17) is 5.11 Å². The number of fused-ring (bicyclic) bond motifs is 1. The van der Waals surface area contributed by atoms with Crippen LogP contribution in [-0.4, -0.2) is 41.3 Å². The normalized spacial score (nSPS) is 10.6. The van der Waals surface area contributed by atoms with Gasteiger partial charge in [-0.25, -0.2) is 4.79 Å². The molecule has 0 radical (unpaired) electrons. The summed E-state index contributed by atoms with van der Waals surface area (Å²) in [4.78, 5) is 14.9. The SMILES string of the molecule is O=C(O)c1ccnc(CNc2ccc3nnnn3n2)c1. The molecule has 0 aromatic carbocycles. The number of hydrogen-bond acceptors (Lipinski definition) is 7. The molecule has 3 aromatic heterocycles. The number of nitrogens with zero attached hydrogens (tertiary/aromatic N) is 6. The third kappa shape index (κ3) is 2.36. The maximum Gasteiger partial charge on any atom is 0.335 e. The number of hydrogen-bond donors (Lipinski definition) is 2. The molecule has 0 saturated heterocycles. The third-order valence-electron chi connectivity index (χ3n) is 2.58. The summed E-state index contributed by atoms with van der Waals surface area (Å²) in [6.45, 7) is 0.349. The molecule has 100 valence electrons. The van der Waals surface area contributed by atoms with E-state index in [0.717, 1.165) is 0 Å². The predicted octanol–water partition coefficient (Wildman–Crippen LogP) is 0.225. The van der Waals surface area contributed by atoms with Crippen molar-refractivity contribution in [1.29, 1.82) is 0 Å². The van der Waals surface area contributed by atoms with Gasteiger partial charge in [-0.3, -0.25) is 4.98 Å². The highest BCUT2D eigenvalue weighted by Crippen LogP contribution is 2.07. The largest absolute Gasteiger partial charge is 0.478 e. The van der Waals surface area contributed by atoms with Gasteiger partial charge < -0.3 is 10.4 Å². The van der Waals surface area contributed by atoms with Gasteiger partial charge in [-0.2, -0.15) is 0 Å². The van der Waals surface area contributed by atoms with Crippen LogP contribution < -0.4 is 5.32 Å². The topological polar surface area (TPSA) is 118 Å². The molecule has 0 bridgehead atoms. The van der Waals surface area contributed by atoms with Crippen molar-refractivity contribution in [2.45, 2.75) is 6.54 Å². The van der Waals surface area contributed by atoms with Crippen molar-refractivity contribution >= 4 is 17.4 Å². The molecule has 3 aromatic rings. The van der Waals surface area contributed by atoms with E-state index in [1.54, 1.807) is 12.1 Å². The number of aromatic carboxylic acids is 1. The average Bonchev–Trinajstić information content (AvgIpc) is 2.93. The van der Waals surface area contributed by atoms with Crippen LogP contribution >= 0.6 is 0 Å². The Kier molecular flexibility index (Phi) is 2.92. The molecule has 9 heteroatoms. The molecular weight excluding hydrogens is 262 g/mol. The van der Waals surface area contributed by atoms with Crippen molar-refractivity contribution in [3.05, 3.63) is 41.7 Å². The Morgan fingerprint density at radius 2 is 2.25 bits per heavy atom. The van der Waals surface area contributed by atoms with Crippen LogP contribution in [0.3, 0.4) is 0 Å². The first kappa shape index (κ1) is 12.0. The van der Waals surface area contributed by atoms with Gasteiger partial charge in [0, 0.05) is 6.20 Å². The fourth-order valence-electron chi connectivity index (χ4n) is 1.63. The van der Waals surface area contributed by atoms with Gasteiger partial charge in [-0.15, -0.1) is 14.8 Å². The molecule has 9 nitrogen and oxygen atoms in total. The minimum atomic E-state index is -0.984. The molecule has 0 unspecified atom stereocenters. The van der Waals surface area contributed by atoms with Gasteiger partial charge >= 0.3 is 5.97 Å². The molecule has 0 aliphatic heterocycles.